The van der Waals surface area contributed by atoms with E-state index in [2.05, 4.69) is 45.0 Å². The van der Waals surface area contributed by atoms with Gasteiger partial charge in [-0.3, -0.25) is 9.59 Å². The minimum Gasteiger partial charge on any atom is -0.497 e. The third kappa shape index (κ3) is 6.82. The number of hydrogen-bond donors (Lipinski definition) is 2. The van der Waals surface area contributed by atoms with Gasteiger partial charge in [-0.05, 0) is 74.8 Å². The molecule has 2 aromatic carbocycles. The van der Waals surface area contributed by atoms with E-state index < -0.39 is 6.04 Å². The zero-order valence-electron chi connectivity index (χ0n) is 22.6. The first kappa shape index (κ1) is 26.8. The fourth-order valence-electron chi connectivity index (χ4n) is 5.09. The number of benzene rings is 2. The second-order valence-corrected chi connectivity index (χ2v) is 10.4. The number of carbonyl (C=O) groups excluding carboxylic acids is 2. The van der Waals surface area contributed by atoms with E-state index in [0.717, 1.165) is 43.9 Å². The summed E-state index contributed by atoms with van der Waals surface area (Å²) in [5.41, 5.74) is 2.64. The molecule has 3 aromatic rings. The van der Waals surface area contributed by atoms with Crippen molar-refractivity contribution in [3.63, 3.8) is 0 Å². The lowest BCUT2D eigenvalue weighted by Crippen LogP contribution is -2.54. The molecule has 3 atom stereocenters. The van der Waals surface area contributed by atoms with Gasteiger partial charge in [0.15, 0.2) is 0 Å². The van der Waals surface area contributed by atoms with Gasteiger partial charge in [0.2, 0.25) is 5.91 Å². The molecule has 5 rings (SSSR count). The Kier molecular flexibility index (Phi) is 8.53. The van der Waals surface area contributed by atoms with Crippen molar-refractivity contribution in [1.29, 1.82) is 0 Å². The van der Waals surface area contributed by atoms with Crippen molar-refractivity contribution in [3.05, 3.63) is 72.1 Å². The zero-order valence-corrected chi connectivity index (χ0v) is 22.6. The summed E-state index contributed by atoms with van der Waals surface area (Å²) >= 11 is 0. The number of hydrogen-bond acceptors (Lipinski definition) is 7. The van der Waals surface area contributed by atoms with Gasteiger partial charge in [0.25, 0.3) is 5.91 Å². The summed E-state index contributed by atoms with van der Waals surface area (Å²) in [5.74, 6) is 1.13. The minimum absolute atomic E-state index is 0.00165. The van der Waals surface area contributed by atoms with Crippen molar-refractivity contribution in [2.45, 2.75) is 37.3 Å². The molecular formula is C29H37N7O3. The normalized spacial score (nSPS) is 19.9. The third-order valence-electron chi connectivity index (χ3n) is 7.65. The van der Waals surface area contributed by atoms with Gasteiger partial charge in [0.05, 0.1) is 25.2 Å². The van der Waals surface area contributed by atoms with Crippen molar-refractivity contribution in [2.24, 2.45) is 0 Å². The fourth-order valence-corrected chi connectivity index (χ4v) is 5.09. The first-order chi connectivity index (χ1) is 19.0. The Bertz CT molecular complexity index is 1220. The molecule has 10 nitrogen and oxygen atoms in total. The van der Waals surface area contributed by atoms with Crippen LogP contribution in [0.1, 0.15) is 41.1 Å². The number of carbonyl (C=O) groups is 2. The van der Waals surface area contributed by atoms with E-state index in [4.69, 9.17) is 4.74 Å². The molecule has 0 radical (unpaired) electrons. The summed E-state index contributed by atoms with van der Waals surface area (Å²) in [6.07, 6.45) is 5.83. The Morgan fingerprint density at radius 1 is 1.05 bits per heavy atom. The predicted molar refractivity (Wildman–Crippen MR) is 148 cm³/mol. The zero-order chi connectivity index (χ0) is 27.2. The van der Waals surface area contributed by atoms with Crippen LogP contribution in [0.4, 0.5) is 0 Å². The summed E-state index contributed by atoms with van der Waals surface area (Å²) in [6, 6.07) is 15.3. The Morgan fingerprint density at radius 3 is 2.46 bits per heavy atom. The average Bonchev–Trinajstić information content (AvgIpc) is 3.53. The number of ether oxygens (including phenoxy) is 1. The van der Waals surface area contributed by atoms with E-state index in [1.165, 1.54) is 5.56 Å². The highest BCUT2D eigenvalue weighted by Gasteiger charge is 2.37. The highest BCUT2D eigenvalue weighted by molar-refractivity contribution is 5.97. The minimum atomic E-state index is -0.561. The van der Waals surface area contributed by atoms with Crippen LogP contribution in [0.15, 0.2) is 60.9 Å². The van der Waals surface area contributed by atoms with E-state index in [9.17, 15) is 9.59 Å². The maximum atomic E-state index is 13.5. The first-order valence-corrected chi connectivity index (χ1v) is 13.6. The molecule has 0 spiro atoms. The van der Waals surface area contributed by atoms with Crippen LogP contribution in [0.25, 0.3) is 5.69 Å². The molecule has 206 valence electrons. The van der Waals surface area contributed by atoms with E-state index in [1.807, 2.05) is 29.2 Å². The summed E-state index contributed by atoms with van der Waals surface area (Å²) < 4.78 is 6.89. The summed E-state index contributed by atoms with van der Waals surface area (Å²) in [6.45, 7) is 3.83. The van der Waals surface area contributed by atoms with Crippen LogP contribution in [0.3, 0.4) is 0 Å². The molecule has 1 aliphatic carbocycles. The lowest BCUT2D eigenvalue weighted by molar-refractivity contribution is -0.135. The lowest BCUT2D eigenvalue weighted by Gasteiger charge is -2.34. The molecule has 2 aliphatic rings. The molecule has 2 heterocycles. The van der Waals surface area contributed by atoms with Crippen LogP contribution in [0.5, 0.6) is 5.75 Å². The summed E-state index contributed by atoms with van der Waals surface area (Å²) in [5, 5.41) is 14.5. The van der Waals surface area contributed by atoms with Crippen LogP contribution in [0, 0.1) is 0 Å². The maximum Gasteiger partial charge on any atom is 0.251 e. The third-order valence-corrected chi connectivity index (χ3v) is 7.65. The molecule has 1 saturated carbocycles. The molecule has 1 aromatic heterocycles. The van der Waals surface area contributed by atoms with Crippen molar-refractivity contribution in [2.75, 3.05) is 46.9 Å². The molecule has 2 fully saturated rings. The van der Waals surface area contributed by atoms with Gasteiger partial charge in [-0.2, -0.15) is 0 Å². The predicted octanol–water partition coefficient (Wildman–Crippen LogP) is 2.07. The van der Waals surface area contributed by atoms with Gasteiger partial charge in [-0.15, -0.1) is 5.10 Å². The SMILES string of the molecule is COc1ccc([C@H]2C[C@@H]2NCCC[C@H](NC(=O)c2ccc(-n3ccnn3)cc2)C(=O)N2CCN(C)CC2)cc1. The van der Waals surface area contributed by atoms with Crippen molar-refractivity contribution in [3.8, 4) is 11.4 Å². The average molecular weight is 532 g/mol. The summed E-state index contributed by atoms with van der Waals surface area (Å²) in [7, 11) is 3.74. The van der Waals surface area contributed by atoms with Crippen LogP contribution in [-0.2, 0) is 4.79 Å². The van der Waals surface area contributed by atoms with Crippen LogP contribution < -0.4 is 15.4 Å². The topological polar surface area (TPSA) is 105 Å². The fraction of sp³-hybridized carbons (Fsp3) is 0.448. The largest absolute Gasteiger partial charge is 0.497 e. The standard InChI is InChI=1S/C29H37N7O3/c1-34-16-18-35(19-17-34)29(38)26(32-28(37)22-5-9-23(10-6-22)36-15-14-31-33-36)4-3-13-30-27-20-25(27)21-7-11-24(39-2)12-8-21/h5-12,14-15,25-27,30H,3-4,13,16-20H2,1-2H3,(H,32,37)/t25-,26+,27+/m1/s1. The molecule has 39 heavy (non-hydrogen) atoms. The second kappa shape index (κ2) is 12.4. The van der Waals surface area contributed by atoms with E-state index in [1.54, 1.807) is 36.3 Å². The lowest BCUT2D eigenvalue weighted by atomic mass is 10.1. The quantitative estimate of drug-likeness (QED) is 0.365. The van der Waals surface area contributed by atoms with Crippen LogP contribution >= 0.6 is 0 Å². The number of piperazine rings is 1. The number of aromatic nitrogens is 3. The Labute approximate surface area is 229 Å². The van der Waals surface area contributed by atoms with Crippen LogP contribution in [-0.4, -0.2) is 95.6 Å². The first-order valence-electron chi connectivity index (χ1n) is 13.6. The van der Waals surface area contributed by atoms with E-state index in [-0.39, 0.29) is 11.8 Å². The van der Waals surface area contributed by atoms with Gasteiger partial charge in [0.1, 0.15) is 11.8 Å². The van der Waals surface area contributed by atoms with Crippen molar-refractivity contribution in [1.82, 2.24) is 35.4 Å². The molecule has 1 aliphatic heterocycles. The molecule has 2 N–H and O–H groups in total. The monoisotopic (exact) mass is 531 g/mol. The van der Waals surface area contributed by atoms with Crippen molar-refractivity contribution >= 4 is 11.8 Å². The molecule has 10 heteroatoms. The van der Waals surface area contributed by atoms with Crippen LogP contribution in [0.2, 0.25) is 0 Å². The maximum absolute atomic E-state index is 13.5. The number of amides is 2. The number of nitrogens with one attached hydrogen (secondary N) is 2. The number of rotatable bonds is 11. The van der Waals surface area contributed by atoms with E-state index >= 15 is 0 Å². The van der Waals surface area contributed by atoms with Crippen molar-refractivity contribution < 1.29 is 14.3 Å². The highest BCUT2D eigenvalue weighted by atomic mass is 16.5. The number of nitrogens with zero attached hydrogens (tertiary/aromatic N) is 5. The van der Waals surface area contributed by atoms with E-state index in [0.29, 0.717) is 37.0 Å². The Balaban J connectivity index is 1.16. The molecule has 1 saturated heterocycles. The number of likely N-dealkylation sites (N-methyl/N-ethyl adjacent to an activating group) is 1. The van der Waals surface area contributed by atoms with Gasteiger partial charge in [-0.1, -0.05) is 17.3 Å². The molecular weight excluding hydrogens is 494 g/mol. The van der Waals surface area contributed by atoms with Gasteiger partial charge >= 0.3 is 0 Å². The Morgan fingerprint density at radius 2 is 1.79 bits per heavy atom. The van der Waals surface area contributed by atoms with Gasteiger partial charge in [-0.25, -0.2) is 4.68 Å². The van der Waals surface area contributed by atoms with Gasteiger partial charge in [0, 0.05) is 43.7 Å². The summed E-state index contributed by atoms with van der Waals surface area (Å²) in [4.78, 5) is 30.7. The Hall–Kier alpha value is -3.76. The molecule has 0 unspecified atom stereocenters. The molecule has 2 amide bonds. The molecule has 0 bridgehead atoms. The smallest absolute Gasteiger partial charge is 0.251 e. The second-order valence-electron chi connectivity index (χ2n) is 10.4. The number of methoxy groups -OCH3 is 1. The van der Waals surface area contributed by atoms with Gasteiger partial charge < -0.3 is 25.2 Å². The highest BCUT2D eigenvalue weighted by Crippen LogP contribution is 2.41.